The summed E-state index contributed by atoms with van der Waals surface area (Å²) < 4.78 is 62.3. The van der Waals surface area contributed by atoms with Gasteiger partial charge in [-0.1, -0.05) is 18.2 Å². The molecular weight excluding hydrogens is 379 g/mol. The average molecular weight is 396 g/mol. The van der Waals surface area contributed by atoms with Crippen LogP contribution in [0.4, 0.5) is 4.39 Å². The molecule has 2 aromatic carbocycles. The summed E-state index contributed by atoms with van der Waals surface area (Å²) in [5.41, 5.74) is 1.82. The van der Waals surface area contributed by atoms with Crippen molar-refractivity contribution >= 4 is 25.6 Å². The Morgan fingerprint density at radius 3 is 1.96 bits per heavy atom. The third-order valence-corrected chi connectivity index (χ3v) is 6.99. The van der Waals surface area contributed by atoms with Crippen LogP contribution in [0.3, 0.4) is 0 Å². The first-order chi connectivity index (χ1) is 12.2. The van der Waals surface area contributed by atoms with Crippen LogP contribution in [0.5, 0.6) is 0 Å². The van der Waals surface area contributed by atoms with E-state index in [9.17, 15) is 21.2 Å². The molecule has 1 aliphatic heterocycles. The number of nitrogens with zero attached hydrogens (tertiary/aromatic N) is 1. The van der Waals surface area contributed by atoms with Gasteiger partial charge in [0.15, 0.2) is 0 Å². The zero-order chi connectivity index (χ0) is 18.9. The monoisotopic (exact) mass is 396 g/mol. The molecule has 6 nitrogen and oxygen atoms in total. The molecule has 0 aromatic heterocycles. The van der Waals surface area contributed by atoms with Gasteiger partial charge in [-0.15, -0.1) is 0 Å². The normalized spacial score (nSPS) is 16.3. The van der Waals surface area contributed by atoms with Crippen LogP contribution >= 0.6 is 0 Å². The standard InChI is InChI=1S/C17H17FN2O4S2/c18-15-3-1-13(2-4-15)14-9-11-20(12-10-14)26(23,24)17-7-5-16(6-8-17)25(19,21)22/h1-9H,10-12H2,(H2,19,21,22). The van der Waals surface area contributed by atoms with E-state index >= 15 is 0 Å². The number of primary sulfonamides is 1. The Bertz CT molecular complexity index is 1040. The van der Waals surface area contributed by atoms with E-state index in [4.69, 9.17) is 5.14 Å². The highest BCUT2D eigenvalue weighted by atomic mass is 32.2. The van der Waals surface area contributed by atoms with Crippen molar-refractivity contribution in [2.75, 3.05) is 13.1 Å². The minimum Gasteiger partial charge on any atom is -0.225 e. The van der Waals surface area contributed by atoms with E-state index in [0.717, 1.165) is 11.1 Å². The lowest BCUT2D eigenvalue weighted by molar-refractivity contribution is 0.441. The lowest BCUT2D eigenvalue weighted by Gasteiger charge is -2.26. The quantitative estimate of drug-likeness (QED) is 0.854. The molecule has 1 heterocycles. The molecule has 0 saturated carbocycles. The van der Waals surface area contributed by atoms with Gasteiger partial charge in [-0.05, 0) is 54.0 Å². The molecule has 9 heteroatoms. The zero-order valence-corrected chi connectivity index (χ0v) is 15.3. The number of hydrogen-bond acceptors (Lipinski definition) is 4. The van der Waals surface area contributed by atoms with Gasteiger partial charge in [0.1, 0.15) is 5.82 Å². The first-order valence-electron chi connectivity index (χ1n) is 7.76. The second kappa shape index (κ2) is 6.92. The van der Waals surface area contributed by atoms with Crippen LogP contribution in [0.1, 0.15) is 12.0 Å². The molecule has 0 aliphatic carbocycles. The molecule has 2 N–H and O–H groups in total. The summed E-state index contributed by atoms with van der Waals surface area (Å²) in [7, 11) is -7.62. The van der Waals surface area contributed by atoms with Crippen molar-refractivity contribution in [3.8, 4) is 0 Å². The molecule has 0 fully saturated rings. The molecule has 1 aliphatic rings. The summed E-state index contributed by atoms with van der Waals surface area (Å²) in [6, 6.07) is 10.9. The Hall–Kier alpha value is -2.07. The number of nitrogens with two attached hydrogens (primary N) is 1. The van der Waals surface area contributed by atoms with Gasteiger partial charge in [-0.3, -0.25) is 0 Å². The smallest absolute Gasteiger partial charge is 0.225 e. The summed E-state index contributed by atoms with van der Waals surface area (Å²) in [5.74, 6) is -0.322. The Labute approximate surface area is 151 Å². The summed E-state index contributed by atoms with van der Waals surface area (Å²) >= 11 is 0. The maximum Gasteiger partial charge on any atom is 0.243 e. The predicted molar refractivity (Wildman–Crippen MR) is 95.6 cm³/mol. The van der Waals surface area contributed by atoms with Gasteiger partial charge in [0.05, 0.1) is 9.79 Å². The van der Waals surface area contributed by atoms with Crippen molar-refractivity contribution < 1.29 is 21.2 Å². The minimum absolute atomic E-state index is 0.00327. The fourth-order valence-electron chi connectivity index (χ4n) is 2.75. The first-order valence-corrected chi connectivity index (χ1v) is 10.7. The summed E-state index contributed by atoms with van der Waals surface area (Å²) in [4.78, 5) is -0.142. The number of sulfonamides is 2. The molecule has 0 atom stereocenters. The van der Waals surface area contributed by atoms with Crippen molar-refractivity contribution in [3.05, 3.63) is 66.0 Å². The van der Waals surface area contributed by atoms with Crippen LogP contribution < -0.4 is 5.14 Å². The predicted octanol–water partition coefficient (Wildman–Crippen LogP) is 1.95. The van der Waals surface area contributed by atoms with E-state index < -0.39 is 20.0 Å². The maximum absolute atomic E-state index is 13.0. The number of rotatable bonds is 4. The molecule has 0 spiro atoms. The van der Waals surface area contributed by atoms with Crippen LogP contribution in [-0.4, -0.2) is 34.2 Å². The number of hydrogen-bond donors (Lipinski definition) is 1. The Balaban J connectivity index is 1.80. The Morgan fingerprint density at radius 2 is 1.46 bits per heavy atom. The summed E-state index contributed by atoms with van der Waals surface area (Å²) in [6.45, 7) is 0.467. The Kier molecular flexibility index (Phi) is 4.98. The fourth-order valence-corrected chi connectivity index (χ4v) is 4.64. The molecular formula is C17H17FN2O4S2. The fraction of sp³-hybridized carbons (Fsp3) is 0.176. The number of halogens is 1. The van der Waals surface area contributed by atoms with Crippen molar-refractivity contribution in [2.45, 2.75) is 16.2 Å². The van der Waals surface area contributed by atoms with Crippen LogP contribution in [0, 0.1) is 5.82 Å². The molecule has 0 unspecified atom stereocenters. The second-order valence-corrected chi connectivity index (χ2v) is 9.37. The second-order valence-electron chi connectivity index (χ2n) is 5.87. The van der Waals surface area contributed by atoms with E-state index in [-0.39, 0.29) is 28.7 Å². The van der Waals surface area contributed by atoms with Crippen LogP contribution in [-0.2, 0) is 20.0 Å². The van der Waals surface area contributed by atoms with Crippen molar-refractivity contribution in [3.63, 3.8) is 0 Å². The van der Waals surface area contributed by atoms with Crippen LogP contribution in [0.15, 0.2) is 64.4 Å². The highest BCUT2D eigenvalue weighted by molar-refractivity contribution is 7.89. The van der Waals surface area contributed by atoms with Crippen molar-refractivity contribution in [1.29, 1.82) is 0 Å². The van der Waals surface area contributed by atoms with Gasteiger partial charge < -0.3 is 0 Å². The van der Waals surface area contributed by atoms with E-state index in [1.807, 2.05) is 0 Å². The zero-order valence-electron chi connectivity index (χ0n) is 13.7. The van der Waals surface area contributed by atoms with Gasteiger partial charge in [0.2, 0.25) is 20.0 Å². The highest BCUT2D eigenvalue weighted by Crippen LogP contribution is 2.26. The summed E-state index contributed by atoms with van der Waals surface area (Å²) in [5, 5.41) is 5.02. The average Bonchev–Trinajstić information content (AvgIpc) is 2.62. The lowest BCUT2D eigenvalue weighted by Crippen LogP contribution is -2.34. The molecule has 3 rings (SSSR count). The molecule has 0 amide bonds. The topological polar surface area (TPSA) is 97.5 Å². The largest absolute Gasteiger partial charge is 0.243 e. The van der Waals surface area contributed by atoms with Crippen LogP contribution in [0.2, 0.25) is 0 Å². The van der Waals surface area contributed by atoms with Gasteiger partial charge >= 0.3 is 0 Å². The van der Waals surface area contributed by atoms with Gasteiger partial charge in [-0.2, -0.15) is 4.31 Å². The molecule has 0 radical (unpaired) electrons. The molecule has 138 valence electrons. The van der Waals surface area contributed by atoms with Crippen LogP contribution in [0.25, 0.3) is 5.57 Å². The van der Waals surface area contributed by atoms with E-state index in [1.54, 1.807) is 18.2 Å². The molecule has 26 heavy (non-hydrogen) atoms. The third-order valence-electron chi connectivity index (χ3n) is 4.18. The number of benzene rings is 2. The molecule has 2 aromatic rings. The first kappa shape index (κ1) is 18.7. The van der Waals surface area contributed by atoms with Gasteiger partial charge in [0.25, 0.3) is 0 Å². The van der Waals surface area contributed by atoms with E-state index in [2.05, 4.69) is 0 Å². The van der Waals surface area contributed by atoms with E-state index in [0.29, 0.717) is 6.42 Å². The summed E-state index contributed by atoms with van der Waals surface area (Å²) in [6.07, 6.45) is 2.30. The highest BCUT2D eigenvalue weighted by Gasteiger charge is 2.26. The third kappa shape index (κ3) is 3.85. The minimum atomic E-state index is -3.88. The Morgan fingerprint density at radius 1 is 0.885 bits per heavy atom. The van der Waals surface area contributed by atoms with Gasteiger partial charge in [-0.25, -0.2) is 26.4 Å². The van der Waals surface area contributed by atoms with Gasteiger partial charge in [0, 0.05) is 13.1 Å². The van der Waals surface area contributed by atoms with E-state index in [1.165, 1.54) is 40.7 Å². The maximum atomic E-state index is 13.0. The lowest BCUT2D eigenvalue weighted by atomic mass is 10.0. The SMILES string of the molecule is NS(=O)(=O)c1ccc(S(=O)(=O)N2CC=C(c3ccc(F)cc3)CC2)cc1. The molecule has 0 saturated heterocycles. The van der Waals surface area contributed by atoms with Crippen molar-refractivity contribution in [1.82, 2.24) is 4.31 Å². The molecule has 0 bridgehead atoms. The van der Waals surface area contributed by atoms with Crippen molar-refractivity contribution in [2.24, 2.45) is 5.14 Å².